The molecule has 5 aliphatic carbocycles. The molecular formula is C18H31N. The molecule has 108 valence electrons. The third-order valence-electron chi connectivity index (χ3n) is 7.34. The zero-order valence-corrected chi connectivity index (χ0v) is 12.8. The number of nitrogens with one attached hydrogen (secondary N) is 1. The van der Waals surface area contributed by atoms with Crippen molar-refractivity contribution in [2.45, 2.75) is 77.3 Å². The molecule has 19 heavy (non-hydrogen) atoms. The van der Waals surface area contributed by atoms with Crippen LogP contribution in [0, 0.1) is 35.5 Å². The smallest absolute Gasteiger partial charge is 0.0127 e. The maximum Gasteiger partial charge on any atom is 0.0127 e. The summed E-state index contributed by atoms with van der Waals surface area (Å²) < 4.78 is 0. The van der Waals surface area contributed by atoms with Crippen LogP contribution in [-0.4, -0.2) is 12.1 Å². The Morgan fingerprint density at radius 3 is 2.05 bits per heavy atom. The van der Waals surface area contributed by atoms with E-state index in [9.17, 15) is 0 Å². The third kappa shape index (κ3) is 2.17. The molecule has 5 saturated carbocycles. The van der Waals surface area contributed by atoms with E-state index in [1.165, 1.54) is 19.3 Å². The minimum Gasteiger partial charge on any atom is -0.310 e. The van der Waals surface area contributed by atoms with Gasteiger partial charge in [0, 0.05) is 12.1 Å². The highest BCUT2D eigenvalue weighted by Crippen LogP contribution is 2.54. The van der Waals surface area contributed by atoms with Crippen LogP contribution in [0.4, 0.5) is 0 Å². The van der Waals surface area contributed by atoms with E-state index in [4.69, 9.17) is 0 Å². The Balaban J connectivity index is 1.45. The molecule has 0 spiro atoms. The van der Waals surface area contributed by atoms with Gasteiger partial charge in [0.2, 0.25) is 0 Å². The van der Waals surface area contributed by atoms with Crippen LogP contribution in [-0.2, 0) is 0 Å². The molecule has 0 aromatic rings. The van der Waals surface area contributed by atoms with Crippen molar-refractivity contribution in [1.82, 2.24) is 5.32 Å². The van der Waals surface area contributed by atoms with Crippen LogP contribution in [0.5, 0.6) is 0 Å². The molecule has 0 saturated heterocycles. The minimum absolute atomic E-state index is 0.825. The second-order valence-electron chi connectivity index (χ2n) is 8.50. The van der Waals surface area contributed by atoms with Crippen LogP contribution in [0.2, 0.25) is 0 Å². The summed E-state index contributed by atoms with van der Waals surface area (Å²) in [5.74, 6) is 6.14. The molecule has 0 heterocycles. The summed E-state index contributed by atoms with van der Waals surface area (Å²) in [7, 11) is 0. The first kappa shape index (κ1) is 12.7. The van der Waals surface area contributed by atoms with Gasteiger partial charge in [-0.05, 0) is 74.0 Å². The fraction of sp³-hybridized carbons (Fsp3) is 1.00. The standard InChI is InChI=1S/C18H31N/c1-11-4-3-5-17(12(11)2)19-18-15-7-13-6-14(9-15)10-16(18)8-13/h11-19H,3-10H2,1-2H3. The van der Waals surface area contributed by atoms with Crippen molar-refractivity contribution < 1.29 is 0 Å². The zero-order valence-electron chi connectivity index (χ0n) is 12.8. The lowest BCUT2D eigenvalue weighted by molar-refractivity contribution is -0.0236. The Morgan fingerprint density at radius 1 is 0.789 bits per heavy atom. The van der Waals surface area contributed by atoms with Crippen LogP contribution in [0.3, 0.4) is 0 Å². The van der Waals surface area contributed by atoms with Crippen molar-refractivity contribution in [2.75, 3.05) is 0 Å². The molecule has 0 aromatic heterocycles. The van der Waals surface area contributed by atoms with Gasteiger partial charge in [-0.25, -0.2) is 0 Å². The van der Waals surface area contributed by atoms with E-state index >= 15 is 0 Å². The van der Waals surface area contributed by atoms with Gasteiger partial charge in [-0.15, -0.1) is 0 Å². The zero-order chi connectivity index (χ0) is 13.0. The molecule has 0 aliphatic heterocycles. The van der Waals surface area contributed by atoms with Crippen LogP contribution in [0.25, 0.3) is 0 Å². The molecule has 5 aliphatic rings. The van der Waals surface area contributed by atoms with Crippen LogP contribution in [0.1, 0.15) is 65.2 Å². The summed E-state index contributed by atoms with van der Waals surface area (Å²) in [6, 6.07) is 1.72. The second kappa shape index (κ2) is 4.76. The molecule has 0 aromatic carbocycles. The van der Waals surface area contributed by atoms with Gasteiger partial charge in [0.05, 0.1) is 0 Å². The predicted molar refractivity (Wildman–Crippen MR) is 79.9 cm³/mol. The van der Waals surface area contributed by atoms with Crippen LogP contribution < -0.4 is 5.32 Å². The third-order valence-corrected chi connectivity index (χ3v) is 7.34. The lowest BCUT2D eigenvalue weighted by Gasteiger charge is -2.56. The molecule has 3 atom stereocenters. The fourth-order valence-electron chi connectivity index (χ4n) is 6.26. The lowest BCUT2D eigenvalue weighted by Crippen LogP contribution is -2.58. The maximum atomic E-state index is 4.18. The molecule has 0 radical (unpaired) electrons. The van der Waals surface area contributed by atoms with Gasteiger partial charge in [-0.2, -0.15) is 0 Å². The Labute approximate surface area is 118 Å². The van der Waals surface area contributed by atoms with Crippen molar-refractivity contribution in [1.29, 1.82) is 0 Å². The SMILES string of the molecule is CC1CCCC(NC2C3CC4CC(C3)CC2C4)C1C. The highest BCUT2D eigenvalue weighted by Gasteiger charge is 2.48. The van der Waals surface area contributed by atoms with Gasteiger partial charge >= 0.3 is 0 Å². The van der Waals surface area contributed by atoms with E-state index in [0.717, 1.165) is 47.6 Å². The van der Waals surface area contributed by atoms with E-state index in [1.54, 1.807) is 32.1 Å². The van der Waals surface area contributed by atoms with Crippen molar-refractivity contribution in [3.05, 3.63) is 0 Å². The molecule has 5 fully saturated rings. The highest BCUT2D eigenvalue weighted by molar-refractivity contribution is 5.02. The van der Waals surface area contributed by atoms with E-state index in [1.807, 2.05) is 0 Å². The van der Waals surface area contributed by atoms with Crippen molar-refractivity contribution in [3.8, 4) is 0 Å². The van der Waals surface area contributed by atoms with Crippen LogP contribution >= 0.6 is 0 Å². The number of hydrogen-bond donors (Lipinski definition) is 1. The van der Waals surface area contributed by atoms with Gasteiger partial charge in [0.1, 0.15) is 0 Å². The average Bonchev–Trinajstić information content (AvgIpc) is 2.38. The molecule has 1 heteroatoms. The van der Waals surface area contributed by atoms with Gasteiger partial charge < -0.3 is 5.32 Å². The largest absolute Gasteiger partial charge is 0.310 e. The number of rotatable bonds is 2. The van der Waals surface area contributed by atoms with Crippen molar-refractivity contribution in [3.63, 3.8) is 0 Å². The van der Waals surface area contributed by atoms with E-state index < -0.39 is 0 Å². The summed E-state index contributed by atoms with van der Waals surface area (Å²) in [5.41, 5.74) is 0. The van der Waals surface area contributed by atoms with Crippen LogP contribution in [0.15, 0.2) is 0 Å². The van der Waals surface area contributed by atoms with E-state index in [-0.39, 0.29) is 0 Å². The Bertz CT molecular complexity index is 309. The molecule has 3 unspecified atom stereocenters. The molecular weight excluding hydrogens is 230 g/mol. The lowest BCUT2D eigenvalue weighted by atomic mass is 9.54. The topological polar surface area (TPSA) is 12.0 Å². The number of hydrogen-bond acceptors (Lipinski definition) is 1. The summed E-state index contributed by atoms with van der Waals surface area (Å²) in [6.45, 7) is 4.97. The summed E-state index contributed by atoms with van der Waals surface area (Å²) >= 11 is 0. The first-order valence-electron chi connectivity index (χ1n) is 8.96. The molecule has 0 amide bonds. The monoisotopic (exact) mass is 261 g/mol. The Hall–Kier alpha value is -0.0400. The average molecular weight is 261 g/mol. The summed E-state index contributed by atoms with van der Waals surface area (Å²) in [5, 5.41) is 4.18. The van der Waals surface area contributed by atoms with Gasteiger partial charge in [-0.3, -0.25) is 0 Å². The fourth-order valence-corrected chi connectivity index (χ4v) is 6.26. The molecule has 1 nitrogen and oxygen atoms in total. The first-order chi connectivity index (χ1) is 9.20. The normalized spacial score (nSPS) is 56.5. The van der Waals surface area contributed by atoms with Gasteiger partial charge in [0.15, 0.2) is 0 Å². The maximum absolute atomic E-state index is 4.18. The van der Waals surface area contributed by atoms with Gasteiger partial charge in [0.25, 0.3) is 0 Å². The molecule has 4 bridgehead atoms. The Kier molecular flexibility index (Phi) is 3.17. The van der Waals surface area contributed by atoms with E-state index in [2.05, 4.69) is 19.2 Å². The quantitative estimate of drug-likeness (QED) is 0.784. The first-order valence-corrected chi connectivity index (χ1v) is 8.96. The highest BCUT2D eigenvalue weighted by atomic mass is 15.0. The molecule has 1 N–H and O–H groups in total. The Morgan fingerprint density at radius 2 is 1.42 bits per heavy atom. The van der Waals surface area contributed by atoms with Gasteiger partial charge in [-0.1, -0.05) is 26.7 Å². The van der Waals surface area contributed by atoms with E-state index in [0.29, 0.717) is 0 Å². The summed E-state index contributed by atoms with van der Waals surface area (Å²) in [4.78, 5) is 0. The van der Waals surface area contributed by atoms with Crippen molar-refractivity contribution in [2.24, 2.45) is 35.5 Å². The summed E-state index contributed by atoms with van der Waals surface area (Å²) in [6.07, 6.45) is 12.2. The van der Waals surface area contributed by atoms with Crippen molar-refractivity contribution >= 4 is 0 Å². The minimum atomic E-state index is 0.825. The molecule has 5 rings (SSSR count). The second-order valence-corrected chi connectivity index (χ2v) is 8.50. The predicted octanol–water partition coefficient (Wildman–Crippen LogP) is 4.23.